The largest absolute Gasteiger partial charge is 0.493 e. The van der Waals surface area contributed by atoms with Crippen LogP contribution in [0.5, 0.6) is 23.0 Å². The molecule has 3 rings (SSSR count). The minimum atomic E-state index is -0.450. The van der Waals surface area contributed by atoms with Crippen LogP contribution in [0.25, 0.3) is 0 Å². The highest BCUT2D eigenvalue weighted by atomic mass is 16.5. The lowest BCUT2D eigenvalue weighted by Crippen LogP contribution is -2.18. The van der Waals surface area contributed by atoms with Gasteiger partial charge in [0.1, 0.15) is 5.75 Å². The highest BCUT2D eigenvalue weighted by Crippen LogP contribution is 2.38. The monoisotopic (exact) mass is 448 g/mol. The fraction of sp³-hybridized carbons (Fsp3) is 0.160. The number of carbonyl (C=O) groups is 2. The van der Waals surface area contributed by atoms with E-state index in [9.17, 15) is 9.59 Å². The van der Waals surface area contributed by atoms with E-state index in [-0.39, 0.29) is 0 Å². The minimum absolute atomic E-state index is 0.292. The van der Waals surface area contributed by atoms with E-state index in [1.54, 1.807) is 36.4 Å². The zero-order valence-electron chi connectivity index (χ0n) is 18.7. The van der Waals surface area contributed by atoms with Crippen LogP contribution in [-0.4, -0.2) is 39.4 Å². The van der Waals surface area contributed by atoms with E-state index in [2.05, 4.69) is 10.5 Å². The van der Waals surface area contributed by atoms with Crippen LogP contribution in [0.15, 0.2) is 65.8 Å². The molecule has 3 aromatic carbocycles. The standard InChI is InChI=1S/C25H24N2O6/c1-16-7-5-6-8-20(16)25(29)33-19-11-9-17(10-12-19)15-26-27-24(28)18-13-21(30-2)23(32-4)22(14-18)31-3/h5-15H,1-4H3,(H,27,28)/b26-15-. The summed E-state index contributed by atoms with van der Waals surface area (Å²) in [7, 11) is 4.43. The van der Waals surface area contributed by atoms with Crippen molar-refractivity contribution in [1.29, 1.82) is 0 Å². The van der Waals surface area contributed by atoms with Crippen LogP contribution in [0, 0.1) is 6.92 Å². The Morgan fingerprint density at radius 3 is 2.09 bits per heavy atom. The second kappa shape index (κ2) is 10.8. The molecule has 0 spiro atoms. The second-order valence-corrected chi connectivity index (χ2v) is 6.89. The van der Waals surface area contributed by atoms with Crippen molar-refractivity contribution in [1.82, 2.24) is 5.43 Å². The normalized spacial score (nSPS) is 10.5. The van der Waals surface area contributed by atoms with E-state index >= 15 is 0 Å². The summed E-state index contributed by atoms with van der Waals surface area (Å²) in [6, 6.07) is 17.0. The Hall–Kier alpha value is -4.33. The molecule has 0 atom stereocenters. The molecule has 8 nitrogen and oxygen atoms in total. The molecule has 8 heteroatoms. The van der Waals surface area contributed by atoms with Gasteiger partial charge in [-0.3, -0.25) is 4.79 Å². The molecule has 0 unspecified atom stereocenters. The fourth-order valence-corrected chi connectivity index (χ4v) is 3.03. The van der Waals surface area contributed by atoms with E-state index in [1.165, 1.54) is 39.7 Å². The molecule has 0 aliphatic carbocycles. The maximum absolute atomic E-state index is 12.5. The zero-order chi connectivity index (χ0) is 23.8. The number of ether oxygens (including phenoxy) is 4. The molecular formula is C25H24N2O6. The summed E-state index contributed by atoms with van der Waals surface area (Å²) in [6.07, 6.45) is 1.48. The Kier molecular flexibility index (Phi) is 7.64. The number of hydrogen-bond donors (Lipinski definition) is 1. The number of aryl methyl sites for hydroxylation is 1. The van der Waals surface area contributed by atoms with Crippen LogP contribution in [0.3, 0.4) is 0 Å². The van der Waals surface area contributed by atoms with Gasteiger partial charge in [-0.05, 0) is 60.5 Å². The molecule has 1 amide bonds. The van der Waals surface area contributed by atoms with Gasteiger partial charge >= 0.3 is 5.97 Å². The number of methoxy groups -OCH3 is 3. The molecule has 0 bridgehead atoms. The predicted molar refractivity (Wildman–Crippen MR) is 124 cm³/mol. The first kappa shape index (κ1) is 23.3. The first-order valence-electron chi connectivity index (χ1n) is 9.98. The van der Waals surface area contributed by atoms with Crippen molar-refractivity contribution in [3.63, 3.8) is 0 Å². The van der Waals surface area contributed by atoms with Crippen molar-refractivity contribution in [2.45, 2.75) is 6.92 Å². The molecule has 1 N–H and O–H groups in total. The second-order valence-electron chi connectivity index (χ2n) is 6.89. The van der Waals surface area contributed by atoms with Crippen molar-refractivity contribution in [2.24, 2.45) is 5.10 Å². The molecule has 0 heterocycles. The summed E-state index contributed by atoms with van der Waals surface area (Å²) in [5.74, 6) is 0.648. The number of esters is 1. The van der Waals surface area contributed by atoms with E-state index in [0.717, 1.165) is 5.56 Å². The van der Waals surface area contributed by atoms with Gasteiger partial charge in [-0.2, -0.15) is 5.10 Å². The number of rotatable bonds is 8. The van der Waals surface area contributed by atoms with Crippen molar-refractivity contribution < 1.29 is 28.5 Å². The molecule has 0 saturated carbocycles. The Bertz CT molecular complexity index is 1150. The first-order valence-corrected chi connectivity index (χ1v) is 9.98. The lowest BCUT2D eigenvalue weighted by Gasteiger charge is -2.13. The van der Waals surface area contributed by atoms with Crippen molar-refractivity contribution in [3.05, 3.63) is 82.9 Å². The van der Waals surface area contributed by atoms with Gasteiger partial charge in [0.25, 0.3) is 5.91 Å². The number of carbonyl (C=O) groups excluding carboxylic acids is 2. The number of nitrogens with one attached hydrogen (secondary N) is 1. The molecule has 0 saturated heterocycles. The average Bonchev–Trinajstić information content (AvgIpc) is 2.84. The number of hydrogen-bond acceptors (Lipinski definition) is 7. The molecule has 0 aliphatic heterocycles. The number of hydrazone groups is 1. The van der Waals surface area contributed by atoms with E-state index in [4.69, 9.17) is 18.9 Å². The Balaban J connectivity index is 1.63. The van der Waals surface area contributed by atoms with E-state index < -0.39 is 11.9 Å². The summed E-state index contributed by atoms with van der Waals surface area (Å²) < 4.78 is 21.2. The van der Waals surface area contributed by atoms with Crippen molar-refractivity contribution >= 4 is 18.1 Å². The van der Waals surface area contributed by atoms with Crippen LogP contribution in [0.1, 0.15) is 31.8 Å². The van der Waals surface area contributed by atoms with Gasteiger partial charge in [0.15, 0.2) is 11.5 Å². The van der Waals surface area contributed by atoms with Gasteiger partial charge in [-0.15, -0.1) is 0 Å². The molecule has 0 radical (unpaired) electrons. The zero-order valence-corrected chi connectivity index (χ0v) is 18.7. The van der Waals surface area contributed by atoms with Gasteiger partial charge in [-0.1, -0.05) is 18.2 Å². The van der Waals surface area contributed by atoms with Crippen LogP contribution in [0.4, 0.5) is 0 Å². The third-order valence-electron chi connectivity index (χ3n) is 4.76. The lowest BCUT2D eigenvalue weighted by atomic mass is 10.1. The number of amides is 1. The summed E-state index contributed by atoms with van der Waals surface area (Å²) in [6.45, 7) is 1.85. The highest BCUT2D eigenvalue weighted by molar-refractivity contribution is 5.96. The Morgan fingerprint density at radius 1 is 0.879 bits per heavy atom. The average molecular weight is 448 g/mol. The van der Waals surface area contributed by atoms with Crippen molar-refractivity contribution in [2.75, 3.05) is 21.3 Å². The summed E-state index contributed by atoms with van der Waals surface area (Å²) in [5.41, 5.74) is 4.81. The van der Waals surface area contributed by atoms with Crippen LogP contribution in [0.2, 0.25) is 0 Å². The predicted octanol–water partition coefficient (Wildman–Crippen LogP) is 4.00. The smallest absolute Gasteiger partial charge is 0.343 e. The molecular weight excluding hydrogens is 424 g/mol. The molecule has 3 aromatic rings. The topological polar surface area (TPSA) is 95.5 Å². The molecule has 170 valence electrons. The molecule has 0 fully saturated rings. The van der Waals surface area contributed by atoms with Gasteiger partial charge in [0.2, 0.25) is 5.75 Å². The van der Waals surface area contributed by atoms with Gasteiger partial charge in [0.05, 0.1) is 33.1 Å². The molecule has 33 heavy (non-hydrogen) atoms. The van der Waals surface area contributed by atoms with Crippen molar-refractivity contribution in [3.8, 4) is 23.0 Å². The maximum Gasteiger partial charge on any atom is 0.343 e. The third kappa shape index (κ3) is 5.68. The quantitative estimate of drug-likeness (QED) is 0.242. The molecule has 0 aromatic heterocycles. The van der Waals surface area contributed by atoms with Crippen LogP contribution < -0.4 is 24.4 Å². The van der Waals surface area contributed by atoms with Crippen LogP contribution >= 0.6 is 0 Å². The Morgan fingerprint density at radius 2 is 1.52 bits per heavy atom. The number of benzene rings is 3. The lowest BCUT2D eigenvalue weighted by molar-refractivity contribution is 0.0733. The fourth-order valence-electron chi connectivity index (χ4n) is 3.03. The highest BCUT2D eigenvalue weighted by Gasteiger charge is 2.16. The first-order chi connectivity index (χ1) is 16.0. The summed E-state index contributed by atoms with van der Waals surface area (Å²) in [4.78, 5) is 24.8. The van der Waals surface area contributed by atoms with Gasteiger partial charge in [-0.25, -0.2) is 10.2 Å². The van der Waals surface area contributed by atoms with E-state index in [1.807, 2.05) is 19.1 Å². The third-order valence-corrected chi connectivity index (χ3v) is 4.76. The Labute approximate surface area is 191 Å². The molecule has 0 aliphatic rings. The minimum Gasteiger partial charge on any atom is -0.493 e. The SMILES string of the molecule is COc1cc(C(=O)N/N=C\c2ccc(OC(=O)c3ccccc3C)cc2)cc(OC)c1OC. The summed E-state index contributed by atoms with van der Waals surface area (Å²) >= 11 is 0. The van der Waals surface area contributed by atoms with Gasteiger partial charge in [0, 0.05) is 5.56 Å². The van der Waals surface area contributed by atoms with E-state index in [0.29, 0.717) is 39.7 Å². The maximum atomic E-state index is 12.5. The van der Waals surface area contributed by atoms with Crippen LogP contribution in [-0.2, 0) is 0 Å². The number of nitrogens with zero attached hydrogens (tertiary/aromatic N) is 1. The van der Waals surface area contributed by atoms with Gasteiger partial charge < -0.3 is 18.9 Å². The summed E-state index contributed by atoms with van der Waals surface area (Å²) in [5, 5.41) is 3.98.